The van der Waals surface area contributed by atoms with Gasteiger partial charge in [0, 0.05) is 48.0 Å². The van der Waals surface area contributed by atoms with Crippen molar-refractivity contribution in [2.24, 2.45) is 0 Å². The van der Waals surface area contributed by atoms with E-state index in [0.717, 1.165) is 22.7 Å². The molecule has 2 N–H and O–H groups in total. The Labute approximate surface area is 269 Å². The van der Waals surface area contributed by atoms with Gasteiger partial charge in [-0.3, -0.25) is 9.29 Å². The lowest BCUT2D eigenvalue weighted by molar-refractivity contribution is 0.00336. The van der Waals surface area contributed by atoms with Crippen LogP contribution in [-0.4, -0.2) is 93.3 Å². The van der Waals surface area contributed by atoms with Crippen LogP contribution in [0.5, 0.6) is 6.01 Å². The zero-order valence-corrected chi connectivity index (χ0v) is 28.3. The van der Waals surface area contributed by atoms with Crippen LogP contribution < -0.4 is 9.46 Å². The van der Waals surface area contributed by atoms with E-state index >= 15 is 0 Å². The van der Waals surface area contributed by atoms with E-state index in [2.05, 4.69) is 35.2 Å². The van der Waals surface area contributed by atoms with Crippen LogP contribution in [-0.2, 0) is 30.6 Å². The highest BCUT2D eigenvalue weighted by Gasteiger charge is 2.49. The summed E-state index contributed by atoms with van der Waals surface area (Å²) >= 11 is 6.77. The van der Waals surface area contributed by atoms with Crippen LogP contribution in [0, 0.1) is 0 Å². The maximum Gasteiger partial charge on any atom is 0.301 e. The summed E-state index contributed by atoms with van der Waals surface area (Å²) in [4.78, 5) is 14.0. The first-order chi connectivity index (χ1) is 21.3. The minimum Gasteiger partial charge on any atom is -0.456 e. The van der Waals surface area contributed by atoms with Crippen LogP contribution in [0.3, 0.4) is 0 Å². The Bertz CT molecular complexity index is 1780. The van der Waals surface area contributed by atoms with Gasteiger partial charge in [0.1, 0.15) is 36.4 Å². The number of anilines is 1. The largest absolute Gasteiger partial charge is 0.456 e. The number of hydrogen-bond donors (Lipinski definition) is 2. The molecule has 6 rings (SSSR count). The van der Waals surface area contributed by atoms with Gasteiger partial charge in [-0.05, 0) is 35.7 Å². The van der Waals surface area contributed by atoms with Gasteiger partial charge >= 0.3 is 6.01 Å². The third kappa shape index (κ3) is 7.35. The number of ether oxygens (including phenoxy) is 4. The molecule has 3 aromatic heterocycles. The number of imidazole rings is 1. The average Bonchev–Trinajstić information content (AvgIpc) is 3.65. The summed E-state index contributed by atoms with van der Waals surface area (Å²) in [5, 5.41) is 10.6. The lowest BCUT2D eigenvalue weighted by atomic mass is 10.0. The van der Waals surface area contributed by atoms with E-state index < -0.39 is 36.1 Å². The van der Waals surface area contributed by atoms with Crippen molar-refractivity contribution in [1.82, 2.24) is 19.5 Å². The van der Waals surface area contributed by atoms with Crippen molar-refractivity contribution in [2.45, 2.75) is 56.8 Å². The maximum absolute atomic E-state index is 11.9. The standard InChI is InChI=1S/C31H38ClN5O6SSi/c1-44(2,39)36-26-11-10-21(15-33-26)19-6-8-20(9-7-19)27-22(32)14-23-30(35-27)37(18-40-12-13-45(3,4)5)31(34-23)43-25-17-42-28-24(38)16-41-29(25)28/h6-11,14-15,24-25,28-29,38H,1,12-13,16-18H2,2-5H3,(H,33,36,39)/t24-,25-,28-,29-,44?/m1/s1. The molecule has 240 valence electrons. The van der Waals surface area contributed by atoms with Crippen molar-refractivity contribution in [3.05, 3.63) is 53.7 Å². The number of fused-ring (bicyclic) bond motifs is 2. The summed E-state index contributed by atoms with van der Waals surface area (Å²) in [6, 6.07) is 14.7. The molecule has 2 aliphatic rings. The molecule has 45 heavy (non-hydrogen) atoms. The van der Waals surface area contributed by atoms with E-state index in [1.807, 2.05) is 34.9 Å². The van der Waals surface area contributed by atoms with Gasteiger partial charge in [0.15, 0.2) is 11.8 Å². The molecule has 1 aromatic carbocycles. The first-order valence-electron chi connectivity index (χ1n) is 14.7. The normalized spacial score (nSPS) is 22.8. The molecule has 0 bridgehead atoms. The van der Waals surface area contributed by atoms with Crippen LogP contribution in [0.2, 0.25) is 30.7 Å². The Morgan fingerprint density at radius 1 is 1.09 bits per heavy atom. The third-order valence-corrected chi connectivity index (χ3v) is 10.3. The summed E-state index contributed by atoms with van der Waals surface area (Å²) in [6.07, 6.45) is 1.33. The quantitative estimate of drug-likeness (QED) is 0.132. The van der Waals surface area contributed by atoms with Gasteiger partial charge in [0.25, 0.3) is 0 Å². The van der Waals surface area contributed by atoms with Crippen molar-refractivity contribution >= 4 is 52.2 Å². The van der Waals surface area contributed by atoms with Crippen LogP contribution in [0.1, 0.15) is 0 Å². The van der Waals surface area contributed by atoms with E-state index in [1.54, 1.807) is 18.3 Å². The minimum absolute atomic E-state index is 0.202. The fourth-order valence-electron chi connectivity index (χ4n) is 5.29. The zero-order chi connectivity index (χ0) is 31.9. The van der Waals surface area contributed by atoms with E-state index in [0.29, 0.717) is 40.3 Å². The number of nitrogens with one attached hydrogen (secondary N) is 1. The lowest BCUT2D eigenvalue weighted by Gasteiger charge is -2.19. The molecule has 0 spiro atoms. The average molecular weight is 672 g/mol. The van der Waals surface area contributed by atoms with Gasteiger partial charge in [-0.1, -0.05) is 55.5 Å². The van der Waals surface area contributed by atoms with Crippen molar-refractivity contribution in [1.29, 1.82) is 0 Å². The Balaban J connectivity index is 1.28. The molecule has 5 atom stereocenters. The van der Waals surface area contributed by atoms with E-state index in [9.17, 15) is 9.32 Å². The summed E-state index contributed by atoms with van der Waals surface area (Å²) < 4.78 is 40.5. The van der Waals surface area contributed by atoms with Gasteiger partial charge < -0.3 is 24.1 Å². The highest BCUT2D eigenvalue weighted by Crippen LogP contribution is 2.34. The molecule has 2 fully saturated rings. The number of halogens is 1. The monoisotopic (exact) mass is 671 g/mol. The van der Waals surface area contributed by atoms with E-state index in [-0.39, 0.29) is 26.0 Å². The van der Waals surface area contributed by atoms with E-state index in [1.165, 1.54) is 6.26 Å². The van der Waals surface area contributed by atoms with E-state index in [4.69, 9.17) is 40.5 Å². The second-order valence-corrected chi connectivity index (χ2v) is 21.0. The van der Waals surface area contributed by atoms with Crippen molar-refractivity contribution in [2.75, 3.05) is 30.8 Å². The molecule has 1 unspecified atom stereocenters. The third-order valence-electron chi connectivity index (χ3n) is 7.67. The zero-order valence-electron chi connectivity index (χ0n) is 25.7. The van der Waals surface area contributed by atoms with Gasteiger partial charge in [0.05, 0.1) is 23.9 Å². The second kappa shape index (κ2) is 12.6. The van der Waals surface area contributed by atoms with Crippen molar-refractivity contribution < 1.29 is 28.3 Å². The number of aliphatic hydroxyl groups excluding tert-OH is 1. The number of rotatable bonds is 11. The number of hydrogen-bond acceptors (Lipinski definition) is 9. The van der Waals surface area contributed by atoms with Gasteiger partial charge in [-0.15, -0.1) is 0 Å². The molecule has 2 aliphatic heterocycles. The van der Waals surface area contributed by atoms with Crippen LogP contribution in [0.4, 0.5) is 5.82 Å². The predicted octanol–water partition coefficient (Wildman–Crippen LogP) is 4.71. The molecule has 0 aliphatic carbocycles. The SMILES string of the molecule is C=S(C)(=O)Nc1ccc(-c2ccc(-c3nc4c(cc3Cl)nc(O[C@@H]3CO[C@H]5[C@@H]3OC[C@H]5O)n4COCC[Si](C)(C)C)cc2)cn1. The Hall–Kier alpha value is -3.04. The Morgan fingerprint density at radius 3 is 2.49 bits per heavy atom. The number of aliphatic hydroxyl groups is 1. The molecule has 4 aromatic rings. The van der Waals surface area contributed by atoms with Gasteiger partial charge in [-0.25, -0.2) is 14.2 Å². The highest BCUT2D eigenvalue weighted by atomic mass is 35.5. The lowest BCUT2D eigenvalue weighted by Crippen LogP contribution is -2.35. The fourth-order valence-corrected chi connectivity index (χ4v) is 6.87. The topological polar surface area (TPSA) is 130 Å². The Morgan fingerprint density at radius 2 is 1.80 bits per heavy atom. The molecule has 5 heterocycles. The predicted molar refractivity (Wildman–Crippen MR) is 180 cm³/mol. The molecule has 2 saturated heterocycles. The summed E-state index contributed by atoms with van der Waals surface area (Å²) in [5.41, 5.74) is 4.44. The molecule has 0 amide bonds. The van der Waals surface area contributed by atoms with Crippen LogP contribution in [0.15, 0.2) is 48.7 Å². The van der Waals surface area contributed by atoms with Crippen LogP contribution >= 0.6 is 11.6 Å². The summed E-state index contributed by atoms with van der Waals surface area (Å²) in [6.45, 7) is 8.23. The smallest absolute Gasteiger partial charge is 0.301 e. The molecular weight excluding hydrogens is 634 g/mol. The summed E-state index contributed by atoms with van der Waals surface area (Å²) in [7, 11) is -3.70. The summed E-state index contributed by atoms with van der Waals surface area (Å²) in [5.74, 6) is 4.11. The number of pyridine rings is 2. The molecule has 11 nitrogen and oxygen atoms in total. The van der Waals surface area contributed by atoms with Gasteiger partial charge in [-0.2, -0.15) is 4.98 Å². The fraction of sp³-hybridized carbons (Fsp3) is 0.419. The first kappa shape index (κ1) is 31.9. The number of nitrogens with zero attached hydrogens (tertiary/aromatic N) is 4. The second-order valence-electron chi connectivity index (χ2n) is 12.8. The molecule has 0 saturated carbocycles. The number of benzene rings is 1. The number of aromatic nitrogens is 4. The molecule has 0 radical (unpaired) electrons. The first-order valence-corrected chi connectivity index (χ1v) is 21.0. The van der Waals surface area contributed by atoms with Crippen molar-refractivity contribution in [3.63, 3.8) is 0 Å². The molecular formula is C31H38ClN5O6SSi. The minimum atomic E-state index is -2.41. The highest BCUT2D eigenvalue weighted by molar-refractivity contribution is 8.00. The van der Waals surface area contributed by atoms with Gasteiger partial charge in [0.2, 0.25) is 0 Å². The maximum atomic E-state index is 11.9. The van der Waals surface area contributed by atoms with Crippen LogP contribution in [0.25, 0.3) is 33.5 Å². The Kier molecular flexibility index (Phi) is 8.96. The molecule has 14 heteroatoms. The van der Waals surface area contributed by atoms with Crippen molar-refractivity contribution in [3.8, 4) is 28.4 Å².